The predicted octanol–water partition coefficient (Wildman–Crippen LogP) is 2.17. The molecule has 11 N–H and O–H groups in total. The maximum Gasteiger partial charge on any atom is 0.407 e. The van der Waals surface area contributed by atoms with Crippen LogP contribution in [0.15, 0.2) is 72.8 Å². The number of allylic oxidation sites excluding steroid dienone is 2. The fourth-order valence-electron chi connectivity index (χ4n) is 10.1. The van der Waals surface area contributed by atoms with Crippen LogP contribution in [0.25, 0.3) is 0 Å². The number of primary amides is 1. The van der Waals surface area contributed by atoms with Gasteiger partial charge >= 0.3 is 12.1 Å². The van der Waals surface area contributed by atoms with Crippen LogP contribution in [-0.2, 0) is 52.2 Å². The number of fused-ring (bicyclic) bond motifs is 4. The Bertz CT molecular complexity index is 3170. The Morgan fingerprint density at radius 2 is 1.53 bits per heavy atom. The zero-order valence-corrected chi connectivity index (χ0v) is 42.8. The van der Waals surface area contributed by atoms with Crippen molar-refractivity contribution in [2.45, 2.75) is 114 Å². The minimum atomic E-state index is -1.71. The van der Waals surface area contributed by atoms with Crippen LogP contribution in [-0.4, -0.2) is 122 Å². The number of hydrogen-bond donors (Lipinski definition) is 10. The minimum absolute atomic E-state index is 0.0185. The molecule has 0 radical (unpaired) electrons. The molecular formula is C56H58N8O14. The van der Waals surface area contributed by atoms with E-state index >= 15 is 0 Å². The van der Waals surface area contributed by atoms with Gasteiger partial charge in [0.15, 0.2) is 28.9 Å². The van der Waals surface area contributed by atoms with Crippen molar-refractivity contribution in [3.63, 3.8) is 0 Å². The highest BCUT2D eigenvalue weighted by Gasteiger charge is 2.82. The molecule has 406 valence electrons. The van der Waals surface area contributed by atoms with Crippen LogP contribution in [0.2, 0.25) is 0 Å². The molecule has 7 unspecified atom stereocenters. The number of amides is 8. The number of anilines is 2. The average Bonchev–Trinajstić information content (AvgIpc) is 3.58. The quantitative estimate of drug-likeness (QED) is 0.0188. The molecule has 0 spiro atoms. The van der Waals surface area contributed by atoms with Crippen LogP contribution in [0.1, 0.15) is 108 Å². The average molecular weight is 1070 g/mol. The maximum absolute atomic E-state index is 14.3. The first-order chi connectivity index (χ1) is 37.3. The predicted molar refractivity (Wildman–Crippen MR) is 279 cm³/mol. The standard InChI is InChI=1S/C56H58N8O14/c1-30(2)47(63-42(68)15-9-6-10-25-64-43(69)22-23-44(64)70)52(74)61-38(12-11-24-58-53(57)75)51(73)60-34-19-16-32(17-20-34)29-77-54(76)59-28-33-18-21-35-36(26-33)50(72)45-39(66)27-37-48(46(45)49(35)71)62-40-13-7-4-5-8-14-41(67)56(37)55(40,78-56)31(3)65/h4-5,16-23,26-27,30-31,38,40-41,47,62,65-67H,6,9-12,15,24-25,28-29H2,1-3H3,(H,59,76)(H,60,73)(H,61,74)(H,63,68)(H3,57,58,75). The molecule has 3 aromatic rings. The summed E-state index contributed by atoms with van der Waals surface area (Å²) >= 11 is 0. The van der Waals surface area contributed by atoms with E-state index in [0.717, 1.165) is 4.90 Å². The number of nitrogens with two attached hydrogens (primary N) is 1. The van der Waals surface area contributed by atoms with Crippen LogP contribution in [0.5, 0.6) is 5.75 Å². The van der Waals surface area contributed by atoms with E-state index in [-0.39, 0.29) is 103 Å². The molecule has 8 amide bonds. The number of nitrogens with zero attached hydrogens (tertiary/aromatic N) is 1. The Labute approximate surface area is 447 Å². The van der Waals surface area contributed by atoms with Crippen molar-refractivity contribution in [3.8, 4) is 29.4 Å². The molecule has 2 bridgehead atoms. The molecule has 0 aromatic heterocycles. The van der Waals surface area contributed by atoms with Crippen molar-refractivity contribution < 1.29 is 67.9 Å². The number of ketones is 2. The number of urea groups is 1. The number of phenols is 1. The van der Waals surface area contributed by atoms with Gasteiger partial charge in [-0.3, -0.25) is 38.5 Å². The third-order valence-electron chi connectivity index (χ3n) is 14.1. The monoisotopic (exact) mass is 1070 g/mol. The van der Waals surface area contributed by atoms with Gasteiger partial charge in [-0.15, -0.1) is 0 Å². The maximum atomic E-state index is 14.3. The normalized spacial score (nSPS) is 21.1. The highest BCUT2D eigenvalue weighted by atomic mass is 16.7. The van der Waals surface area contributed by atoms with Gasteiger partial charge in [0, 0.05) is 60.6 Å². The molecular weight excluding hydrogens is 1010 g/mol. The van der Waals surface area contributed by atoms with E-state index in [1.807, 2.05) is 0 Å². The molecule has 7 atom stereocenters. The number of aliphatic hydroxyl groups excluding tert-OH is 2. The molecule has 2 aliphatic carbocycles. The highest BCUT2D eigenvalue weighted by molar-refractivity contribution is 6.31. The lowest BCUT2D eigenvalue weighted by Gasteiger charge is -2.37. The summed E-state index contributed by atoms with van der Waals surface area (Å²) in [4.78, 5) is 118. The Morgan fingerprint density at radius 1 is 0.833 bits per heavy atom. The van der Waals surface area contributed by atoms with Gasteiger partial charge in [0.2, 0.25) is 17.7 Å². The number of unbranched alkanes of at least 4 members (excludes halogenated alkanes) is 2. The molecule has 3 aromatic carbocycles. The Morgan fingerprint density at radius 3 is 2.22 bits per heavy atom. The number of rotatable bonds is 21. The smallest absolute Gasteiger partial charge is 0.407 e. The highest BCUT2D eigenvalue weighted by Crippen LogP contribution is 2.67. The number of phenolic OH excluding ortho intramolecular Hbond substituents is 1. The number of benzene rings is 3. The second kappa shape index (κ2) is 23.2. The third kappa shape index (κ3) is 11.2. The van der Waals surface area contributed by atoms with E-state index in [1.165, 1.54) is 49.4 Å². The zero-order valence-electron chi connectivity index (χ0n) is 42.8. The van der Waals surface area contributed by atoms with E-state index in [2.05, 4.69) is 55.6 Å². The fourth-order valence-corrected chi connectivity index (χ4v) is 10.1. The summed E-state index contributed by atoms with van der Waals surface area (Å²) < 4.78 is 11.6. The lowest BCUT2D eigenvalue weighted by Crippen LogP contribution is -2.54. The molecule has 5 aliphatic rings. The second-order valence-electron chi connectivity index (χ2n) is 19.7. The molecule has 8 rings (SSSR count). The van der Waals surface area contributed by atoms with E-state index in [4.69, 9.17) is 15.2 Å². The van der Waals surface area contributed by atoms with Crippen molar-refractivity contribution in [2.24, 2.45) is 11.7 Å². The summed E-state index contributed by atoms with van der Waals surface area (Å²) in [5, 5.41) is 50.4. The number of aromatic hydroxyl groups is 1. The minimum Gasteiger partial charge on any atom is -0.507 e. The number of alkyl carbamates (subject to hydrolysis) is 1. The number of aliphatic hydroxyl groups is 2. The first kappa shape index (κ1) is 55.4. The molecule has 22 nitrogen and oxygen atoms in total. The van der Waals surface area contributed by atoms with Gasteiger partial charge in [0.25, 0.3) is 11.8 Å². The summed E-state index contributed by atoms with van der Waals surface area (Å²) in [6.07, 6.45) is 3.74. The van der Waals surface area contributed by atoms with Gasteiger partial charge < -0.3 is 62.4 Å². The van der Waals surface area contributed by atoms with Gasteiger partial charge in [0.1, 0.15) is 30.5 Å². The van der Waals surface area contributed by atoms with Gasteiger partial charge in [-0.2, -0.15) is 0 Å². The van der Waals surface area contributed by atoms with Crippen LogP contribution in [0.3, 0.4) is 0 Å². The van der Waals surface area contributed by atoms with Gasteiger partial charge in [-0.1, -0.05) is 62.1 Å². The summed E-state index contributed by atoms with van der Waals surface area (Å²) in [6.45, 7) is 5.01. The van der Waals surface area contributed by atoms with Crippen molar-refractivity contribution in [2.75, 3.05) is 23.7 Å². The molecule has 1 fully saturated rings. The Balaban J connectivity index is 0.846. The molecule has 3 heterocycles. The summed E-state index contributed by atoms with van der Waals surface area (Å²) in [6, 6.07) is 8.15. The van der Waals surface area contributed by atoms with Crippen molar-refractivity contribution >= 4 is 64.6 Å². The number of imide groups is 1. The summed E-state index contributed by atoms with van der Waals surface area (Å²) in [7, 11) is 0. The van der Waals surface area contributed by atoms with E-state index < -0.39 is 82.8 Å². The van der Waals surface area contributed by atoms with Crippen LogP contribution in [0.4, 0.5) is 21.0 Å². The molecule has 78 heavy (non-hydrogen) atoms. The van der Waals surface area contributed by atoms with Crippen LogP contribution in [0, 0.1) is 29.6 Å². The number of carbonyl (C=O) groups is 9. The number of nitrogens with one attached hydrogen (secondary N) is 6. The molecule has 22 heteroatoms. The lowest BCUT2D eigenvalue weighted by atomic mass is 9.69. The lowest BCUT2D eigenvalue weighted by molar-refractivity contribution is -0.137. The van der Waals surface area contributed by atoms with E-state index in [0.29, 0.717) is 36.1 Å². The summed E-state index contributed by atoms with van der Waals surface area (Å²) in [5.74, 6) is 6.67. The number of ether oxygens (including phenoxy) is 2. The van der Waals surface area contributed by atoms with E-state index in [9.17, 15) is 58.5 Å². The number of carbonyl (C=O) groups excluding carboxylic acids is 9. The van der Waals surface area contributed by atoms with Crippen LogP contribution < -0.4 is 37.6 Å². The second-order valence-corrected chi connectivity index (χ2v) is 19.7. The summed E-state index contributed by atoms with van der Waals surface area (Å²) in [5.41, 5.74) is 3.05. The SMILES string of the molecule is CC(C)C(NC(=O)CCCCCN1C(=O)C=CC1=O)C(=O)NC(CCCNC(N)=O)C(=O)Nc1ccc(COC(=O)NCc2ccc3c(c2)C(=O)c2c(O)cc4c(c2C3=O)NC2C#CC=CC#CC(O)C43OC23C(C)O)cc1. The molecule has 3 aliphatic heterocycles. The molecule has 0 saturated carbocycles. The van der Waals surface area contributed by atoms with Gasteiger partial charge in [-0.05, 0) is 92.1 Å². The van der Waals surface area contributed by atoms with Crippen molar-refractivity contribution in [1.82, 2.24) is 26.2 Å². The number of epoxide rings is 1. The van der Waals surface area contributed by atoms with Crippen LogP contribution >= 0.6 is 0 Å². The first-order valence-corrected chi connectivity index (χ1v) is 25.4. The largest absolute Gasteiger partial charge is 0.507 e. The van der Waals surface area contributed by atoms with Crippen molar-refractivity contribution in [1.29, 1.82) is 0 Å². The van der Waals surface area contributed by atoms with Gasteiger partial charge in [-0.25, -0.2) is 9.59 Å². The first-order valence-electron chi connectivity index (χ1n) is 25.4. The third-order valence-corrected chi connectivity index (χ3v) is 14.1. The molecule has 1 saturated heterocycles. The van der Waals surface area contributed by atoms with Gasteiger partial charge in [0.05, 0.1) is 22.9 Å². The zero-order chi connectivity index (χ0) is 56.1. The topological polar surface area (TPSA) is 338 Å². The Hall–Kier alpha value is -8.83. The van der Waals surface area contributed by atoms with E-state index in [1.54, 1.807) is 44.2 Å². The Kier molecular flexibility index (Phi) is 16.5. The fraction of sp³-hybridized carbons (Fsp3) is 0.375. The number of hydrogen-bond acceptors (Lipinski definition) is 15. The van der Waals surface area contributed by atoms with Crippen molar-refractivity contribution in [3.05, 3.63) is 112 Å².